The molecule has 1 fully saturated rings. The number of nitrogens with zero attached hydrogens (tertiary/aromatic N) is 4. The normalized spacial score (nSPS) is 15.3. The summed E-state index contributed by atoms with van der Waals surface area (Å²) in [5.74, 6) is 1.59. The maximum absolute atomic E-state index is 12.7. The van der Waals surface area contributed by atoms with Crippen LogP contribution in [-0.4, -0.2) is 63.9 Å². The van der Waals surface area contributed by atoms with Crippen LogP contribution in [0.2, 0.25) is 0 Å². The summed E-state index contributed by atoms with van der Waals surface area (Å²) in [5.41, 5.74) is 2.73. The number of ether oxygens (including phenoxy) is 2. The van der Waals surface area contributed by atoms with Gasteiger partial charge < -0.3 is 25.0 Å². The number of hydrogen-bond acceptors (Lipinski definition) is 8. The van der Waals surface area contributed by atoms with Gasteiger partial charge >= 0.3 is 6.09 Å². The highest BCUT2D eigenvalue weighted by Gasteiger charge is 2.28. The van der Waals surface area contributed by atoms with Gasteiger partial charge in [0.25, 0.3) is 0 Å². The summed E-state index contributed by atoms with van der Waals surface area (Å²) in [7, 11) is 0. The predicted molar refractivity (Wildman–Crippen MR) is 168 cm³/mol. The maximum Gasteiger partial charge on any atom is 0.410 e. The molecule has 226 valence electrons. The lowest BCUT2D eigenvalue weighted by molar-refractivity contribution is 0.0206. The zero-order valence-electron chi connectivity index (χ0n) is 25.2. The number of fused-ring (bicyclic) bond motifs is 1. The number of anilines is 2. The van der Waals surface area contributed by atoms with E-state index in [1.165, 1.54) is 0 Å². The van der Waals surface area contributed by atoms with Gasteiger partial charge in [0.2, 0.25) is 11.8 Å². The van der Waals surface area contributed by atoms with E-state index < -0.39 is 5.60 Å². The average Bonchev–Trinajstić information content (AvgIpc) is 2.98. The molecule has 0 spiro atoms. The zero-order valence-corrected chi connectivity index (χ0v) is 25.2. The van der Waals surface area contributed by atoms with Crippen molar-refractivity contribution in [3.05, 3.63) is 66.5 Å². The number of piperidine rings is 1. The van der Waals surface area contributed by atoms with E-state index in [1.807, 2.05) is 76.2 Å². The third-order valence-corrected chi connectivity index (χ3v) is 7.14. The smallest absolute Gasteiger partial charge is 0.410 e. The van der Waals surface area contributed by atoms with Crippen molar-refractivity contribution in [2.75, 3.05) is 36.9 Å². The summed E-state index contributed by atoms with van der Waals surface area (Å²) in [4.78, 5) is 28.2. The summed E-state index contributed by atoms with van der Waals surface area (Å²) < 4.78 is 24.8. The summed E-state index contributed by atoms with van der Waals surface area (Å²) in [5, 5.41) is 8.65. The van der Waals surface area contributed by atoms with Crippen LogP contribution in [0.3, 0.4) is 0 Å². The van der Waals surface area contributed by atoms with Crippen molar-refractivity contribution >= 4 is 28.5 Å². The molecule has 2 aromatic carbocycles. The topological polar surface area (TPSA) is 102 Å². The van der Waals surface area contributed by atoms with Crippen LogP contribution in [0.25, 0.3) is 22.0 Å². The minimum absolute atomic E-state index is 0.00724. The Bertz CT molecular complexity index is 1570. The Balaban J connectivity index is 1.37. The molecule has 0 unspecified atom stereocenters. The monoisotopic (exact) mass is 586 g/mol. The number of carbonyl (C=O) groups excluding carboxylic acids is 1. The van der Waals surface area contributed by atoms with Gasteiger partial charge in [0.1, 0.15) is 11.4 Å². The van der Waals surface area contributed by atoms with Gasteiger partial charge in [-0.1, -0.05) is 24.3 Å². The third-order valence-electron chi connectivity index (χ3n) is 7.14. The van der Waals surface area contributed by atoms with Crippen LogP contribution in [-0.2, 0) is 4.74 Å². The lowest BCUT2D eigenvalue weighted by Gasteiger charge is -2.34. The Kier molecular flexibility index (Phi) is 9.23. The second kappa shape index (κ2) is 13.2. The van der Waals surface area contributed by atoms with Crippen molar-refractivity contribution in [3.8, 4) is 22.9 Å². The minimum Gasteiger partial charge on any atom is -0.444 e. The van der Waals surface area contributed by atoms with Crippen molar-refractivity contribution in [1.82, 2.24) is 19.9 Å². The molecule has 1 aliphatic rings. The van der Waals surface area contributed by atoms with Crippen molar-refractivity contribution in [2.45, 2.75) is 58.6 Å². The molecule has 2 N–H and O–H groups in total. The number of benzene rings is 2. The van der Waals surface area contributed by atoms with Crippen LogP contribution in [0.1, 0.15) is 45.6 Å². The van der Waals surface area contributed by atoms with Crippen LogP contribution in [0, 0.1) is 6.92 Å². The highest BCUT2D eigenvalue weighted by molar-refractivity contribution is 5.98. The molecule has 10 heteroatoms. The molecular weight excluding hydrogens is 547 g/mol. The van der Waals surface area contributed by atoms with E-state index in [2.05, 4.69) is 20.6 Å². The zero-order chi connectivity index (χ0) is 30.4. The summed E-state index contributed by atoms with van der Waals surface area (Å²) in [6.45, 7) is 8.96. The fraction of sp³-hybridized carbons (Fsp3) is 0.394. The Morgan fingerprint density at radius 1 is 1.07 bits per heavy atom. The fourth-order valence-corrected chi connectivity index (χ4v) is 5.13. The number of pyridine rings is 1. The van der Waals surface area contributed by atoms with Crippen molar-refractivity contribution in [3.63, 3.8) is 0 Å². The van der Waals surface area contributed by atoms with E-state index in [9.17, 15) is 9.18 Å². The molecular formula is C33H39FN6O3. The quantitative estimate of drug-likeness (QED) is 0.196. The number of amides is 1. The molecule has 1 atom stereocenters. The Morgan fingerprint density at radius 2 is 1.93 bits per heavy atom. The number of rotatable bonds is 9. The van der Waals surface area contributed by atoms with Crippen LogP contribution in [0.5, 0.6) is 11.6 Å². The second-order valence-electron chi connectivity index (χ2n) is 11.7. The fourth-order valence-electron chi connectivity index (χ4n) is 5.13. The van der Waals surface area contributed by atoms with Gasteiger partial charge in [-0.2, -0.15) is 0 Å². The number of carbonyl (C=O) groups is 1. The first-order chi connectivity index (χ1) is 20.7. The van der Waals surface area contributed by atoms with Gasteiger partial charge in [-0.3, -0.25) is 4.39 Å². The van der Waals surface area contributed by atoms with Crippen molar-refractivity contribution in [2.24, 2.45) is 0 Å². The molecule has 4 aromatic rings. The number of alkyl halides is 1. The minimum atomic E-state index is -0.543. The van der Waals surface area contributed by atoms with Gasteiger partial charge in [-0.05, 0) is 76.8 Å². The molecule has 1 aliphatic heterocycles. The van der Waals surface area contributed by atoms with Crippen LogP contribution < -0.4 is 15.4 Å². The SMILES string of the molecule is Cc1ccc2c(NCCCF)cccc2c1Oc1ncccc1-c1ccnc(N[C@H]2CCCN(C(=O)OC(C)(C)C)C2)n1. The van der Waals surface area contributed by atoms with E-state index >= 15 is 0 Å². The van der Waals surface area contributed by atoms with Crippen molar-refractivity contribution < 1.29 is 18.7 Å². The van der Waals surface area contributed by atoms with Gasteiger partial charge in [0.05, 0.1) is 17.9 Å². The number of aryl methyl sites for hydroxylation is 1. The lowest BCUT2D eigenvalue weighted by Crippen LogP contribution is -2.47. The maximum atomic E-state index is 12.7. The molecule has 9 nitrogen and oxygen atoms in total. The first-order valence-electron chi connectivity index (χ1n) is 14.7. The highest BCUT2D eigenvalue weighted by atomic mass is 19.1. The molecule has 0 aliphatic carbocycles. The second-order valence-corrected chi connectivity index (χ2v) is 11.7. The summed E-state index contributed by atoms with van der Waals surface area (Å²) in [6, 6.07) is 15.6. The molecule has 0 radical (unpaired) electrons. The van der Waals surface area contributed by atoms with Gasteiger partial charge in [0, 0.05) is 54.5 Å². The first-order valence-corrected chi connectivity index (χ1v) is 14.7. The third kappa shape index (κ3) is 7.49. The number of likely N-dealkylation sites (tertiary alicyclic amines) is 1. The van der Waals surface area contributed by atoms with E-state index in [0.717, 1.165) is 40.4 Å². The molecule has 5 rings (SSSR count). The molecule has 2 aromatic heterocycles. The Labute approximate surface area is 251 Å². The highest BCUT2D eigenvalue weighted by Crippen LogP contribution is 2.38. The van der Waals surface area contributed by atoms with Gasteiger partial charge in [-0.25, -0.2) is 19.7 Å². The van der Waals surface area contributed by atoms with E-state index in [0.29, 0.717) is 49.3 Å². The molecule has 1 amide bonds. The molecule has 3 heterocycles. The van der Waals surface area contributed by atoms with Crippen molar-refractivity contribution in [1.29, 1.82) is 0 Å². The molecule has 0 bridgehead atoms. The summed E-state index contributed by atoms with van der Waals surface area (Å²) in [6.07, 6.45) is 5.28. The van der Waals surface area contributed by atoms with Gasteiger partial charge in [-0.15, -0.1) is 0 Å². The predicted octanol–water partition coefficient (Wildman–Crippen LogP) is 7.38. The number of nitrogens with one attached hydrogen (secondary N) is 2. The largest absolute Gasteiger partial charge is 0.444 e. The van der Waals surface area contributed by atoms with Crippen LogP contribution in [0.4, 0.5) is 20.8 Å². The summed E-state index contributed by atoms with van der Waals surface area (Å²) >= 11 is 0. The van der Waals surface area contributed by atoms with E-state index in [1.54, 1.807) is 17.3 Å². The molecule has 0 saturated carbocycles. The Hall–Kier alpha value is -4.47. The number of aromatic nitrogens is 3. The van der Waals surface area contributed by atoms with E-state index in [4.69, 9.17) is 14.5 Å². The lowest BCUT2D eigenvalue weighted by atomic mass is 10.0. The molecule has 43 heavy (non-hydrogen) atoms. The van der Waals surface area contributed by atoms with Crippen LogP contribution >= 0.6 is 0 Å². The first kappa shape index (κ1) is 30.0. The standard InChI is InChI=1S/C33H39FN6O3/c1-22-13-14-24-25(10-5-12-27(24)35-18-8-16-34)29(22)42-30-26(11-6-17-36-30)28-15-19-37-31(39-28)38-23-9-7-20-40(21-23)32(41)43-33(2,3)4/h5-6,10-15,17,19,23,35H,7-9,16,18,20-21H2,1-4H3,(H,37,38,39)/t23-/m0/s1. The van der Waals surface area contributed by atoms with Crippen LogP contribution in [0.15, 0.2) is 60.9 Å². The average molecular weight is 587 g/mol. The van der Waals surface area contributed by atoms with E-state index in [-0.39, 0.29) is 18.8 Å². The number of hydrogen-bond donors (Lipinski definition) is 2. The number of halogens is 1. The van der Waals surface area contributed by atoms with Gasteiger partial charge in [0.15, 0.2) is 0 Å². The Morgan fingerprint density at radius 3 is 2.74 bits per heavy atom. The molecule has 1 saturated heterocycles.